The Labute approximate surface area is 70.6 Å². The average molecular weight is 162 g/mol. The highest BCUT2D eigenvalue weighted by atomic mass is 14.7. The third-order valence-corrected chi connectivity index (χ3v) is 1.59. The SMILES string of the molecule is N#CCc1cc(N)cc(N)c1N. The van der Waals surface area contributed by atoms with Gasteiger partial charge in [-0.3, -0.25) is 0 Å². The minimum absolute atomic E-state index is 0.237. The fourth-order valence-electron chi connectivity index (χ4n) is 0.995. The van der Waals surface area contributed by atoms with Crippen LogP contribution in [0.4, 0.5) is 17.1 Å². The van der Waals surface area contributed by atoms with E-state index in [1.807, 2.05) is 6.07 Å². The topological polar surface area (TPSA) is 102 Å². The summed E-state index contributed by atoms with van der Waals surface area (Å²) in [5.41, 5.74) is 18.8. The first-order valence-electron chi connectivity index (χ1n) is 3.45. The molecule has 62 valence electrons. The summed E-state index contributed by atoms with van der Waals surface area (Å²) in [4.78, 5) is 0. The normalized spacial score (nSPS) is 9.25. The van der Waals surface area contributed by atoms with Crippen molar-refractivity contribution >= 4 is 17.1 Å². The number of hydrogen-bond acceptors (Lipinski definition) is 4. The molecule has 0 bridgehead atoms. The smallest absolute Gasteiger partial charge is 0.0670 e. The van der Waals surface area contributed by atoms with Crippen LogP contribution in [-0.4, -0.2) is 0 Å². The Morgan fingerprint density at radius 3 is 2.50 bits per heavy atom. The predicted octanol–water partition coefficient (Wildman–Crippen LogP) is 0.499. The van der Waals surface area contributed by atoms with E-state index in [1.54, 1.807) is 12.1 Å². The molecule has 0 atom stereocenters. The van der Waals surface area contributed by atoms with Gasteiger partial charge in [-0.1, -0.05) is 0 Å². The van der Waals surface area contributed by atoms with Gasteiger partial charge in [0.25, 0.3) is 0 Å². The molecule has 0 aliphatic rings. The minimum Gasteiger partial charge on any atom is -0.399 e. The van der Waals surface area contributed by atoms with Crippen molar-refractivity contribution in [2.45, 2.75) is 6.42 Å². The van der Waals surface area contributed by atoms with Crippen molar-refractivity contribution in [1.29, 1.82) is 5.26 Å². The summed E-state index contributed by atoms with van der Waals surface area (Å²) in [6, 6.07) is 5.23. The molecule has 0 radical (unpaired) electrons. The number of nitrogens with two attached hydrogens (primary N) is 3. The largest absolute Gasteiger partial charge is 0.399 e. The summed E-state index contributed by atoms with van der Waals surface area (Å²) in [5, 5.41) is 8.44. The fourth-order valence-corrected chi connectivity index (χ4v) is 0.995. The second kappa shape index (κ2) is 3.01. The highest BCUT2D eigenvalue weighted by Gasteiger charge is 2.03. The van der Waals surface area contributed by atoms with Crippen LogP contribution in [0.5, 0.6) is 0 Å². The van der Waals surface area contributed by atoms with Crippen LogP contribution in [0, 0.1) is 11.3 Å². The number of hydrogen-bond donors (Lipinski definition) is 3. The molecule has 4 nitrogen and oxygen atoms in total. The van der Waals surface area contributed by atoms with Crippen molar-refractivity contribution < 1.29 is 0 Å². The molecule has 1 rings (SSSR count). The molecule has 0 aliphatic heterocycles. The maximum Gasteiger partial charge on any atom is 0.0670 e. The molecule has 0 amide bonds. The van der Waals surface area contributed by atoms with Crippen molar-refractivity contribution in [3.05, 3.63) is 17.7 Å². The number of nitrogens with zero attached hydrogens (tertiary/aromatic N) is 1. The average Bonchev–Trinajstić information content (AvgIpc) is 2.00. The van der Waals surface area contributed by atoms with Gasteiger partial charge in [-0.05, 0) is 17.7 Å². The van der Waals surface area contributed by atoms with Crippen LogP contribution in [0.2, 0.25) is 0 Å². The fraction of sp³-hybridized carbons (Fsp3) is 0.125. The van der Waals surface area contributed by atoms with E-state index < -0.39 is 0 Å². The zero-order valence-electron chi connectivity index (χ0n) is 6.54. The van der Waals surface area contributed by atoms with Crippen LogP contribution in [-0.2, 0) is 6.42 Å². The molecule has 0 saturated heterocycles. The predicted molar refractivity (Wildman–Crippen MR) is 49.0 cm³/mol. The van der Waals surface area contributed by atoms with Gasteiger partial charge in [0.1, 0.15) is 0 Å². The van der Waals surface area contributed by atoms with Crippen LogP contribution in [0.25, 0.3) is 0 Å². The Kier molecular flexibility index (Phi) is 2.06. The summed E-state index contributed by atoms with van der Waals surface area (Å²) in [6.45, 7) is 0. The molecule has 0 fully saturated rings. The summed E-state index contributed by atoms with van der Waals surface area (Å²) < 4.78 is 0. The van der Waals surface area contributed by atoms with Gasteiger partial charge in [-0.2, -0.15) is 5.26 Å². The number of benzene rings is 1. The Morgan fingerprint density at radius 2 is 1.92 bits per heavy atom. The van der Waals surface area contributed by atoms with E-state index in [9.17, 15) is 0 Å². The Hall–Kier alpha value is -1.89. The second-order valence-corrected chi connectivity index (χ2v) is 2.52. The van der Waals surface area contributed by atoms with Gasteiger partial charge < -0.3 is 17.2 Å². The highest BCUT2D eigenvalue weighted by molar-refractivity contribution is 5.72. The number of nitriles is 1. The van der Waals surface area contributed by atoms with Crippen LogP contribution >= 0.6 is 0 Å². The van der Waals surface area contributed by atoms with E-state index in [0.29, 0.717) is 22.6 Å². The molecular formula is C8H10N4. The molecule has 0 aromatic heterocycles. The molecule has 0 spiro atoms. The summed E-state index contributed by atoms with van der Waals surface area (Å²) in [5.74, 6) is 0. The lowest BCUT2D eigenvalue weighted by Crippen LogP contribution is -2.01. The standard InChI is InChI=1S/C8H10N4/c9-2-1-5-3-6(10)4-7(11)8(5)12/h3-4H,1,10-12H2. The van der Waals surface area contributed by atoms with E-state index in [0.717, 1.165) is 0 Å². The van der Waals surface area contributed by atoms with Crippen molar-refractivity contribution in [2.75, 3.05) is 17.2 Å². The number of anilines is 3. The van der Waals surface area contributed by atoms with Crippen LogP contribution < -0.4 is 17.2 Å². The zero-order valence-corrected chi connectivity index (χ0v) is 6.54. The third-order valence-electron chi connectivity index (χ3n) is 1.59. The van der Waals surface area contributed by atoms with Gasteiger partial charge in [0, 0.05) is 5.69 Å². The zero-order chi connectivity index (χ0) is 9.14. The molecule has 1 aromatic rings. The number of rotatable bonds is 1. The molecule has 0 aliphatic carbocycles. The lowest BCUT2D eigenvalue weighted by molar-refractivity contribution is 1.27. The Balaban J connectivity index is 3.20. The van der Waals surface area contributed by atoms with Gasteiger partial charge in [0.05, 0.1) is 23.9 Å². The molecule has 0 saturated carbocycles. The molecule has 0 heterocycles. The maximum atomic E-state index is 8.44. The Bertz CT molecular complexity index is 338. The van der Waals surface area contributed by atoms with E-state index in [1.165, 1.54) is 0 Å². The lowest BCUT2D eigenvalue weighted by atomic mass is 10.1. The third kappa shape index (κ3) is 1.40. The van der Waals surface area contributed by atoms with E-state index in [-0.39, 0.29) is 6.42 Å². The second-order valence-electron chi connectivity index (χ2n) is 2.52. The molecule has 0 unspecified atom stereocenters. The number of nitrogen functional groups attached to an aromatic ring is 3. The minimum atomic E-state index is 0.237. The molecule has 4 heteroatoms. The first-order chi connectivity index (χ1) is 5.65. The first-order valence-corrected chi connectivity index (χ1v) is 3.45. The van der Waals surface area contributed by atoms with Gasteiger partial charge in [0.2, 0.25) is 0 Å². The molecule has 12 heavy (non-hydrogen) atoms. The lowest BCUT2D eigenvalue weighted by Gasteiger charge is -2.06. The van der Waals surface area contributed by atoms with Crippen molar-refractivity contribution in [3.63, 3.8) is 0 Å². The van der Waals surface area contributed by atoms with E-state index in [2.05, 4.69) is 0 Å². The van der Waals surface area contributed by atoms with Gasteiger partial charge in [0.15, 0.2) is 0 Å². The molecule has 1 aromatic carbocycles. The molecule has 6 N–H and O–H groups in total. The highest BCUT2D eigenvalue weighted by Crippen LogP contribution is 2.23. The Morgan fingerprint density at radius 1 is 1.25 bits per heavy atom. The van der Waals surface area contributed by atoms with Crippen LogP contribution in [0.1, 0.15) is 5.56 Å². The van der Waals surface area contributed by atoms with Crippen molar-refractivity contribution in [2.24, 2.45) is 0 Å². The van der Waals surface area contributed by atoms with Crippen LogP contribution in [0.3, 0.4) is 0 Å². The molecular weight excluding hydrogens is 152 g/mol. The van der Waals surface area contributed by atoms with Gasteiger partial charge in [-0.15, -0.1) is 0 Å². The summed E-state index contributed by atoms with van der Waals surface area (Å²) >= 11 is 0. The van der Waals surface area contributed by atoms with Crippen molar-refractivity contribution in [3.8, 4) is 6.07 Å². The van der Waals surface area contributed by atoms with E-state index in [4.69, 9.17) is 22.5 Å². The monoisotopic (exact) mass is 162 g/mol. The summed E-state index contributed by atoms with van der Waals surface area (Å²) in [6.07, 6.45) is 0.237. The quantitative estimate of drug-likeness (QED) is 0.523. The van der Waals surface area contributed by atoms with E-state index >= 15 is 0 Å². The first kappa shape index (κ1) is 8.21. The van der Waals surface area contributed by atoms with Gasteiger partial charge >= 0.3 is 0 Å². The van der Waals surface area contributed by atoms with Crippen molar-refractivity contribution in [1.82, 2.24) is 0 Å². The van der Waals surface area contributed by atoms with Gasteiger partial charge in [-0.25, -0.2) is 0 Å². The van der Waals surface area contributed by atoms with Crippen LogP contribution in [0.15, 0.2) is 12.1 Å². The maximum absolute atomic E-state index is 8.44. The summed E-state index contributed by atoms with van der Waals surface area (Å²) in [7, 11) is 0.